The Bertz CT molecular complexity index is 564. The van der Waals surface area contributed by atoms with Crippen LogP contribution in [0.4, 0.5) is 0 Å². The van der Waals surface area contributed by atoms with Crippen LogP contribution in [0.15, 0.2) is 0 Å². The molecule has 0 saturated carbocycles. The zero-order valence-corrected chi connectivity index (χ0v) is 28.2. The Hall–Kier alpha value is 2.49. The third-order valence-corrected chi connectivity index (χ3v) is 6.61. The fourth-order valence-corrected chi connectivity index (χ4v) is 4.92. The van der Waals surface area contributed by atoms with Crippen molar-refractivity contribution in [2.75, 3.05) is 0 Å². The minimum atomic E-state index is -5.15. The monoisotopic (exact) mass is 506 g/mol. The van der Waals surface area contributed by atoms with E-state index in [1.165, 1.54) is 0 Å². The summed E-state index contributed by atoms with van der Waals surface area (Å²) in [6.07, 6.45) is 9.57. The molecule has 0 aliphatic rings. The van der Waals surface area contributed by atoms with Crippen LogP contribution in [-0.2, 0) is 19.7 Å². The second-order valence-corrected chi connectivity index (χ2v) is 9.19. The maximum atomic E-state index is 12.0. The van der Waals surface area contributed by atoms with Crippen LogP contribution in [0.2, 0.25) is 0 Å². The van der Waals surface area contributed by atoms with Crippen LogP contribution in [0, 0.1) is 5.41 Å². The Kier molecular flexibility index (Phi) is 30.1. The van der Waals surface area contributed by atoms with E-state index < -0.39 is 32.7 Å². The maximum absolute atomic E-state index is 12.0. The van der Waals surface area contributed by atoms with E-state index in [0.29, 0.717) is 25.7 Å². The molecular weight excluding hydrogens is 469 g/mol. The molecule has 0 aliphatic carbocycles. The van der Waals surface area contributed by atoms with E-state index >= 15 is 0 Å². The van der Waals surface area contributed by atoms with Crippen molar-refractivity contribution in [3.63, 3.8) is 0 Å². The first-order chi connectivity index (χ1) is 13.1. The van der Waals surface area contributed by atoms with Crippen molar-refractivity contribution in [3.05, 3.63) is 0 Å². The van der Waals surface area contributed by atoms with Crippen LogP contribution in [0.1, 0.15) is 105 Å². The van der Waals surface area contributed by atoms with E-state index in [1.54, 1.807) is 0 Å². The number of carbonyl (C=O) groups excluding carboxylic acids is 2. The van der Waals surface area contributed by atoms with Crippen LogP contribution in [0.3, 0.4) is 0 Å². The zero-order valence-electron chi connectivity index (χ0n) is 21.3. The van der Waals surface area contributed by atoms with Crippen molar-refractivity contribution < 1.29 is 145 Å². The van der Waals surface area contributed by atoms with E-state index in [4.69, 9.17) is 0 Å². The van der Waals surface area contributed by atoms with Gasteiger partial charge in [0.2, 0.25) is 0 Å². The predicted molar refractivity (Wildman–Crippen MR) is 105 cm³/mol. The van der Waals surface area contributed by atoms with Crippen molar-refractivity contribution in [2.45, 2.75) is 109 Å². The van der Waals surface area contributed by atoms with Gasteiger partial charge in [-0.15, -0.1) is 0 Å². The minimum Gasteiger partial charge on any atom is -1.00 e. The van der Waals surface area contributed by atoms with Gasteiger partial charge in [0.15, 0.2) is 0 Å². The average Bonchev–Trinajstić information content (AvgIpc) is 2.58. The third kappa shape index (κ3) is 16.7. The molecule has 0 heterocycles. The smallest absolute Gasteiger partial charge is 1.00 e. The number of hydrogen-bond donors (Lipinski definition) is 1. The Morgan fingerprint density at radius 3 is 1.39 bits per heavy atom. The number of aliphatic carboxylic acids is 2. The summed E-state index contributed by atoms with van der Waals surface area (Å²) < 4.78 is 32.9. The summed E-state index contributed by atoms with van der Waals surface area (Å²) in [5, 5.41) is 21.0. The van der Waals surface area contributed by atoms with Crippen LogP contribution >= 0.6 is 0 Å². The SMILES string of the molecule is CCCCCCCCC(CCCCCCCC)(C(=O)[O-])C(C(=O)[O-])S(=O)(=O)O.[H-].[K+].[Na+].[Na+]. The molecule has 31 heavy (non-hydrogen) atoms. The summed E-state index contributed by atoms with van der Waals surface area (Å²) in [4.78, 5) is 23.5. The normalized spacial score (nSPS) is 12.1. The van der Waals surface area contributed by atoms with Crippen LogP contribution in [0.5, 0.6) is 0 Å². The molecule has 11 heteroatoms. The number of carboxylic acids is 2. The molecule has 0 bridgehead atoms. The molecule has 7 nitrogen and oxygen atoms in total. The van der Waals surface area contributed by atoms with Gasteiger partial charge in [-0.25, -0.2) is 0 Å². The molecule has 1 unspecified atom stereocenters. The number of carboxylic acid groups (broad SMARTS) is 2. The van der Waals surface area contributed by atoms with Gasteiger partial charge in [-0.05, 0) is 12.8 Å². The van der Waals surface area contributed by atoms with Gasteiger partial charge in [0, 0.05) is 11.4 Å². The third-order valence-electron chi connectivity index (χ3n) is 5.37. The van der Waals surface area contributed by atoms with E-state index in [0.717, 1.165) is 51.4 Å². The van der Waals surface area contributed by atoms with E-state index in [2.05, 4.69) is 13.8 Å². The summed E-state index contributed by atoms with van der Waals surface area (Å²) in [6.45, 7) is 4.14. The molecule has 0 amide bonds. The standard InChI is InChI=1S/C20H38O7S.K.2Na.H/c1-3-5-7-9-11-13-15-20(19(23)24,16-14-12-10-8-6-4-2)17(18(21)22)28(25,26)27;;;;/h17H,3-16H2,1-2H3,(H,21,22)(H,23,24)(H,25,26,27);;;;/q;3*+1;-1/p-2. The van der Waals surface area contributed by atoms with Gasteiger partial charge in [0.05, 0.1) is 5.97 Å². The molecule has 0 aromatic heterocycles. The van der Waals surface area contributed by atoms with Gasteiger partial charge in [0.1, 0.15) is 5.25 Å². The molecule has 1 atom stereocenters. The van der Waals surface area contributed by atoms with Gasteiger partial charge < -0.3 is 21.2 Å². The van der Waals surface area contributed by atoms with Crippen molar-refractivity contribution in [1.29, 1.82) is 0 Å². The van der Waals surface area contributed by atoms with Gasteiger partial charge in [-0.1, -0.05) is 90.9 Å². The molecule has 0 aromatic rings. The first-order valence-corrected chi connectivity index (χ1v) is 12.0. The fraction of sp³-hybridized carbons (Fsp3) is 0.900. The summed E-state index contributed by atoms with van der Waals surface area (Å²) in [6, 6.07) is 0. The van der Waals surface area contributed by atoms with Gasteiger partial charge in [-0.3, -0.25) is 4.55 Å². The summed E-state index contributed by atoms with van der Waals surface area (Å²) in [5.41, 5.74) is -2.18. The van der Waals surface area contributed by atoms with E-state index in [9.17, 15) is 32.8 Å². The Balaban J connectivity index is -0.000000607. The van der Waals surface area contributed by atoms with E-state index in [-0.39, 0.29) is 125 Å². The van der Waals surface area contributed by atoms with Crippen LogP contribution in [0.25, 0.3) is 0 Å². The summed E-state index contributed by atoms with van der Waals surface area (Å²) in [5.74, 6) is -3.84. The molecule has 0 spiro atoms. The van der Waals surface area contributed by atoms with Crippen molar-refractivity contribution in [1.82, 2.24) is 0 Å². The van der Waals surface area contributed by atoms with Crippen LogP contribution in [-0.4, -0.2) is 30.2 Å². The maximum Gasteiger partial charge on any atom is 1.00 e. The second-order valence-electron chi connectivity index (χ2n) is 7.69. The predicted octanol–water partition coefficient (Wildman–Crippen LogP) is -6.65. The van der Waals surface area contributed by atoms with Crippen molar-refractivity contribution in [3.8, 4) is 0 Å². The Morgan fingerprint density at radius 2 is 1.13 bits per heavy atom. The molecule has 0 aliphatic heterocycles. The second kappa shape index (κ2) is 22.9. The number of unbranched alkanes of at least 4 members (excludes halogenated alkanes) is 10. The summed E-state index contributed by atoms with van der Waals surface area (Å²) >= 11 is 0. The number of rotatable bonds is 18. The van der Waals surface area contributed by atoms with Crippen LogP contribution < -0.4 is 121 Å². The van der Waals surface area contributed by atoms with E-state index in [1.807, 2.05) is 0 Å². The topological polar surface area (TPSA) is 135 Å². The molecule has 0 radical (unpaired) electrons. The molecule has 0 rings (SSSR count). The first kappa shape index (κ1) is 40.6. The average molecular weight is 507 g/mol. The van der Waals surface area contributed by atoms with Crippen molar-refractivity contribution in [2.24, 2.45) is 5.41 Å². The molecular formula is C20H37KNa2O7S. The van der Waals surface area contributed by atoms with Gasteiger partial charge in [-0.2, -0.15) is 8.42 Å². The Labute approximate surface area is 276 Å². The number of hydrogen-bond acceptors (Lipinski definition) is 6. The largest absolute Gasteiger partial charge is 1.00 e. The van der Waals surface area contributed by atoms with Gasteiger partial charge >= 0.3 is 110 Å². The number of carbonyl (C=O) groups is 2. The zero-order chi connectivity index (χ0) is 21.6. The molecule has 168 valence electrons. The molecule has 0 saturated heterocycles. The molecule has 1 N–H and O–H groups in total. The first-order valence-electron chi connectivity index (χ1n) is 10.5. The summed E-state index contributed by atoms with van der Waals surface area (Å²) in [7, 11) is -5.15. The molecule has 0 fully saturated rings. The fourth-order valence-electron chi connectivity index (χ4n) is 3.77. The minimum absolute atomic E-state index is 0. The quantitative estimate of drug-likeness (QED) is 0.111. The van der Waals surface area contributed by atoms with Crippen molar-refractivity contribution >= 4 is 22.1 Å². The molecule has 0 aromatic carbocycles. The van der Waals surface area contributed by atoms with Gasteiger partial charge in [0.25, 0.3) is 10.1 Å². The Morgan fingerprint density at radius 1 is 0.806 bits per heavy atom.